The summed E-state index contributed by atoms with van der Waals surface area (Å²) in [6, 6.07) is 13.7. The number of esters is 1. The summed E-state index contributed by atoms with van der Waals surface area (Å²) in [4.78, 5) is 39.9. The van der Waals surface area contributed by atoms with Crippen molar-refractivity contribution in [3.05, 3.63) is 82.0 Å². The number of methoxy groups -OCH3 is 1. The molecule has 0 spiro atoms. The Bertz CT molecular complexity index is 1050. The largest absolute Gasteiger partial charge is 0.467 e. The Morgan fingerprint density at radius 1 is 1.14 bits per heavy atom. The zero-order valence-electron chi connectivity index (χ0n) is 15.0. The van der Waals surface area contributed by atoms with Crippen LogP contribution in [0.1, 0.15) is 15.9 Å². The topological polar surface area (TPSA) is 111 Å². The Hall–Kier alpha value is -3.81. The van der Waals surface area contributed by atoms with E-state index in [9.17, 15) is 19.7 Å². The van der Waals surface area contributed by atoms with Crippen LogP contribution in [0, 0.1) is 10.1 Å². The summed E-state index contributed by atoms with van der Waals surface area (Å²) in [5, 5.41) is 14.6. The summed E-state index contributed by atoms with van der Waals surface area (Å²) in [6.07, 6.45) is 1.50. The Labute approximate surface area is 160 Å². The lowest BCUT2D eigenvalue weighted by Crippen LogP contribution is -2.43. The van der Waals surface area contributed by atoms with Gasteiger partial charge in [-0.25, -0.2) is 4.79 Å². The van der Waals surface area contributed by atoms with Gasteiger partial charge in [0.05, 0.1) is 23.1 Å². The number of para-hydroxylation sites is 2. The van der Waals surface area contributed by atoms with Crippen molar-refractivity contribution in [2.45, 2.75) is 12.5 Å². The SMILES string of the molecule is COC(=O)[C@@H](Cc1ccccc1[N+](=O)[O-])NC(=O)c1cccc2cccnc12. The first-order chi connectivity index (χ1) is 13.5. The molecule has 0 unspecified atom stereocenters. The van der Waals surface area contributed by atoms with Crippen LogP contribution in [-0.2, 0) is 16.0 Å². The monoisotopic (exact) mass is 379 g/mol. The third-order valence-corrected chi connectivity index (χ3v) is 4.28. The Morgan fingerprint density at radius 3 is 2.64 bits per heavy atom. The smallest absolute Gasteiger partial charge is 0.328 e. The van der Waals surface area contributed by atoms with Gasteiger partial charge in [0, 0.05) is 29.6 Å². The number of amides is 1. The molecule has 1 amide bonds. The highest BCUT2D eigenvalue weighted by molar-refractivity contribution is 6.06. The van der Waals surface area contributed by atoms with E-state index in [4.69, 9.17) is 4.74 Å². The summed E-state index contributed by atoms with van der Waals surface area (Å²) < 4.78 is 4.77. The lowest BCUT2D eigenvalue weighted by molar-refractivity contribution is -0.385. The predicted octanol–water partition coefficient (Wildman–Crippen LogP) is 2.66. The van der Waals surface area contributed by atoms with Crippen molar-refractivity contribution < 1.29 is 19.2 Å². The van der Waals surface area contributed by atoms with Crippen LogP contribution in [0.3, 0.4) is 0 Å². The second-order valence-corrected chi connectivity index (χ2v) is 6.02. The maximum absolute atomic E-state index is 12.8. The van der Waals surface area contributed by atoms with Crippen molar-refractivity contribution >= 4 is 28.5 Å². The van der Waals surface area contributed by atoms with Gasteiger partial charge in [0.25, 0.3) is 11.6 Å². The molecule has 0 fully saturated rings. The molecule has 0 aliphatic heterocycles. The maximum Gasteiger partial charge on any atom is 0.328 e. The summed E-state index contributed by atoms with van der Waals surface area (Å²) in [5.41, 5.74) is 0.989. The average Bonchev–Trinajstić information content (AvgIpc) is 2.72. The van der Waals surface area contributed by atoms with E-state index in [1.54, 1.807) is 36.5 Å². The minimum Gasteiger partial charge on any atom is -0.467 e. The van der Waals surface area contributed by atoms with Gasteiger partial charge in [-0.05, 0) is 12.1 Å². The van der Waals surface area contributed by atoms with Gasteiger partial charge < -0.3 is 10.1 Å². The molecule has 1 N–H and O–H groups in total. The average molecular weight is 379 g/mol. The van der Waals surface area contributed by atoms with Gasteiger partial charge in [-0.3, -0.25) is 19.9 Å². The number of hydrogen-bond donors (Lipinski definition) is 1. The highest BCUT2D eigenvalue weighted by Gasteiger charge is 2.26. The number of benzene rings is 2. The highest BCUT2D eigenvalue weighted by Crippen LogP contribution is 2.20. The van der Waals surface area contributed by atoms with E-state index in [0.29, 0.717) is 16.6 Å². The van der Waals surface area contributed by atoms with Crippen molar-refractivity contribution in [2.75, 3.05) is 7.11 Å². The zero-order chi connectivity index (χ0) is 20.1. The van der Waals surface area contributed by atoms with Crippen LogP contribution in [0.5, 0.6) is 0 Å². The van der Waals surface area contributed by atoms with E-state index in [2.05, 4.69) is 10.3 Å². The number of nitrogens with zero attached hydrogens (tertiary/aromatic N) is 2. The normalized spacial score (nSPS) is 11.6. The zero-order valence-corrected chi connectivity index (χ0v) is 15.0. The fourth-order valence-corrected chi connectivity index (χ4v) is 2.94. The number of carbonyl (C=O) groups is 2. The third kappa shape index (κ3) is 3.96. The molecule has 2 aromatic carbocycles. The quantitative estimate of drug-likeness (QED) is 0.400. The van der Waals surface area contributed by atoms with E-state index in [1.807, 2.05) is 12.1 Å². The summed E-state index contributed by atoms with van der Waals surface area (Å²) in [5.74, 6) is -1.21. The first-order valence-electron chi connectivity index (χ1n) is 8.46. The number of nitro benzene ring substituents is 1. The molecule has 0 radical (unpaired) electrons. The van der Waals surface area contributed by atoms with Crippen molar-refractivity contribution in [1.82, 2.24) is 10.3 Å². The van der Waals surface area contributed by atoms with Crippen molar-refractivity contribution in [3.63, 3.8) is 0 Å². The Kier molecular flexibility index (Phi) is 5.59. The maximum atomic E-state index is 12.8. The third-order valence-electron chi connectivity index (χ3n) is 4.28. The van der Waals surface area contributed by atoms with Crippen molar-refractivity contribution in [3.8, 4) is 0 Å². The van der Waals surface area contributed by atoms with Crippen LogP contribution in [0.4, 0.5) is 5.69 Å². The highest BCUT2D eigenvalue weighted by atomic mass is 16.6. The second kappa shape index (κ2) is 8.26. The summed E-state index contributed by atoms with van der Waals surface area (Å²) in [7, 11) is 1.19. The molecular formula is C20H17N3O5. The molecule has 3 rings (SSSR count). The van der Waals surface area contributed by atoms with E-state index in [1.165, 1.54) is 19.2 Å². The standard InChI is InChI=1S/C20H17N3O5/c1-28-20(25)16(12-14-6-2-3-10-17(14)23(26)27)22-19(24)15-9-4-7-13-8-5-11-21-18(13)15/h2-11,16H,12H2,1H3,(H,22,24)/t16-/m1/s1. The predicted molar refractivity (Wildman–Crippen MR) is 102 cm³/mol. The number of rotatable bonds is 6. The van der Waals surface area contributed by atoms with Crippen molar-refractivity contribution in [2.24, 2.45) is 0 Å². The molecule has 0 aliphatic carbocycles. The van der Waals surface area contributed by atoms with Crippen molar-refractivity contribution in [1.29, 1.82) is 0 Å². The molecule has 0 aliphatic rings. The first kappa shape index (κ1) is 19.0. The molecular weight excluding hydrogens is 362 g/mol. The van der Waals surface area contributed by atoms with Gasteiger partial charge >= 0.3 is 5.97 Å². The molecule has 3 aromatic rings. The van der Waals surface area contributed by atoms with Crippen LogP contribution in [0.25, 0.3) is 10.9 Å². The number of nitrogens with one attached hydrogen (secondary N) is 1. The number of fused-ring (bicyclic) bond motifs is 1. The minimum absolute atomic E-state index is 0.0756. The Balaban J connectivity index is 1.90. The van der Waals surface area contributed by atoms with Gasteiger partial charge in [-0.2, -0.15) is 0 Å². The molecule has 1 atom stereocenters. The van der Waals surface area contributed by atoms with Gasteiger partial charge in [-0.1, -0.05) is 36.4 Å². The lowest BCUT2D eigenvalue weighted by atomic mass is 10.0. The van der Waals surface area contributed by atoms with Crippen LogP contribution in [-0.4, -0.2) is 34.9 Å². The molecule has 8 nitrogen and oxygen atoms in total. The van der Waals surface area contributed by atoms with Gasteiger partial charge in [0.15, 0.2) is 0 Å². The number of hydrogen-bond acceptors (Lipinski definition) is 6. The van der Waals surface area contributed by atoms with E-state index in [-0.39, 0.29) is 12.1 Å². The number of pyridine rings is 1. The van der Waals surface area contributed by atoms with Crippen LogP contribution >= 0.6 is 0 Å². The van der Waals surface area contributed by atoms with Gasteiger partial charge in [0.1, 0.15) is 6.04 Å². The molecule has 0 saturated carbocycles. The second-order valence-electron chi connectivity index (χ2n) is 6.02. The number of ether oxygens (including phenoxy) is 1. The lowest BCUT2D eigenvalue weighted by Gasteiger charge is -2.17. The molecule has 1 heterocycles. The summed E-state index contributed by atoms with van der Waals surface area (Å²) in [6.45, 7) is 0. The molecule has 142 valence electrons. The number of carbonyl (C=O) groups excluding carboxylic acids is 2. The molecule has 28 heavy (non-hydrogen) atoms. The Morgan fingerprint density at radius 2 is 1.89 bits per heavy atom. The fourth-order valence-electron chi connectivity index (χ4n) is 2.94. The van der Waals surface area contributed by atoms with E-state index >= 15 is 0 Å². The van der Waals surface area contributed by atoms with Crippen LogP contribution in [0.2, 0.25) is 0 Å². The minimum atomic E-state index is -1.09. The molecule has 0 saturated heterocycles. The fraction of sp³-hybridized carbons (Fsp3) is 0.150. The molecule has 8 heteroatoms. The van der Waals surface area contributed by atoms with E-state index < -0.39 is 22.8 Å². The molecule has 1 aromatic heterocycles. The van der Waals surface area contributed by atoms with Gasteiger partial charge in [-0.15, -0.1) is 0 Å². The number of nitro groups is 1. The first-order valence-corrected chi connectivity index (χ1v) is 8.46. The summed E-state index contributed by atoms with van der Waals surface area (Å²) >= 11 is 0. The van der Waals surface area contributed by atoms with Gasteiger partial charge in [0.2, 0.25) is 0 Å². The van der Waals surface area contributed by atoms with E-state index in [0.717, 1.165) is 5.39 Å². The number of aromatic nitrogens is 1. The van der Waals surface area contributed by atoms with Crippen LogP contribution in [0.15, 0.2) is 60.8 Å². The molecule has 0 bridgehead atoms. The van der Waals surface area contributed by atoms with Crippen LogP contribution < -0.4 is 5.32 Å².